The molecule has 1 fully saturated rings. The van der Waals surface area contributed by atoms with Gasteiger partial charge in [-0.1, -0.05) is 36.8 Å². The molecule has 0 saturated carbocycles. The first-order valence-corrected chi connectivity index (χ1v) is 8.54. The molecular formula is C17H24ClN5O2. The topological polar surface area (TPSA) is 84.1 Å². The van der Waals surface area contributed by atoms with Crippen LogP contribution in [0.25, 0.3) is 11.4 Å². The number of carbonyl (C=O) groups is 1. The number of aromatic nitrogens is 4. The molecule has 0 bridgehead atoms. The molecule has 8 heteroatoms. The Morgan fingerprint density at radius 2 is 1.92 bits per heavy atom. The van der Waals surface area contributed by atoms with Crippen molar-refractivity contribution in [3.05, 3.63) is 30.3 Å². The zero-order valence-corrected chi connectivity index (χ0v) is 14.9. The van der Waals surface area contributed by atoms with Crippen LogP contribution in [0.3, 0.4) is 0 Å². The van der Waals surface area contributed by atoms with Gasteiger partial charge >= 0.3 is 5.97 Å². The first kappa shape index (κ1) is 19.3. The number of carboxylic acids is 1. The summed E-state index contributed by atoms with van der Waals surface area (Å²) in [6.07, 6.45) is 4.77. The molecule has 7 nitrogen and oxygen atoms in total. The summed E-state index contributed by atoms with van der Waals surface area (Å²) >= 11 is 0. The molecule has 1 atom stereocenters. The van der Waals surface area contributed by atoms with E-state index in [1.807, 2.05) is 30.3 Å². The predicted molar refractivity (Wildman–Crippen MR) is 96.6 cm³/mol. The van der Waals surface area contributed by atoms with Crippen molar-refractivity contribution in [2.45, 2.75) is 44.7 Å². The molecule has 1 aromatic carbocycles. The maximum atomic E-state index is 11.1. The molecule has 136 valence electrons. The first-order valence-electron chi connectivity index (χ1n) is 8.54. The number of aryl methyl sites for hydroxylation is 1. The summed E-state index contributed by atoms with van der Waals surface area (Å²) in [7, 11) is 0. The Bertz CT molecular complexity index is 664. The molecule has 2 aromatic rings. The second-order valence-corrected chi connectivity index (χ2v) is 6.17. The van der Waals surface area contributed by atoms with E-state index in [1.54, 1.807) is 4.80 Å². The summed E-state index contributed by atoms with van der Waals surface area (Å²) in [4.78, 5) is 14.9. The largest absolute Gasteiger partial charge is 0.480 e. The highest BCUT2D eigenvalue weighted by molar-refractivity contribution is 5.85. The van der Waals surface area contributed by atoms with Gasteiger partial charge in [-0.15, -0.1) is 22.6 Å². The van der Waals surface area contributed by atoms with E-state index in [4.69, 9.17) is 5.11 Å². The quantitative estimate of drug-likeness (QED) is 0.723. The molecule has 0 radical (unpaired) electrons. The van der Waals surface area contributed by atoms with E-state index in [-0.39, 0.29) is 18.4 Å². The number of aliphatic carboxylic acids is 1. The fourth-order valence-electron chi connectivity index (χ4n) is 3.16. The van der Waals surface area contributed by atoms with Gasteiger partial charge in [-0.2, -0.15) is 4.80 Å². The number of unbranched alkanes of at least 4 members (excludes halogenated alkanes) is 2. The average molecular weight is 366 g/mol. The number of hydrogen-bond donors (Lipinski definition) is 1. The molecule has 1 N–H and O–H groups in total. The number of carboxylic acid groups (broad SMARTS) is 1. The monoisotopic (exact) mass is 365 g/mol. The number of benzene rings is 1. The van der Waals surface area contributed by atoms with Crippen LogP contribution in [0, 0.1) is 0 Å². The van der Waals surface area contributed by atoms with Crippen LogP contribution in [0.15, 0.2) is 30.3 Å². The minimum Gasteiger partial charge on any atom is -0.480 e. The highest BCUT2D eigenvalue weighted by Crippen LogP contribution is 2.18. The van der Waals surface area contributed by atoms with Gasteiger partial charge < -0.3 is 5.11 Å². The summed E-state index contributed by atoms with van der Waals surface area (Å²) in [6, 6.07) is 9.53. The van der Waals surface area contributed by atoms with Crippen molar-refractivity contribution in [2.75, 3.05) is 13.1 Å². The van der Waals surface area contributed by atoms with Crippen molar-refractivity contribution in [3.8, 4) is 11.4 Å². The lowest BCUT2D eigenvalue weighted by atomic mass is 10.2. The molecule has 0 aliphatic carbocycles. The Morgan fingerprint density at radius 1 is 1.16 bits per heavy atom. The predicted octanol–water partition coefficient (Wildman–Crippen LogP) is 2.48. The molecule has 3 rings (SSSR count). The number of tetrazole rings is 1. The summed E-state index contributed by atoms with van der Waals surface area (Å²) in [5.74, 6) is -0.0373. The number of nitrogens with zero attached hydrogens (tertiary/aromatic N) is 5. The smallest absolute Gasteiger partial charge is 0.320 e. The van der Waals surface area contributed by atoms with Gasteiger partial charge in [0.15, 0.2) is 0 Å². The molecule has 25 heavy (non-hydrogen) atoms. The molecule has 0 unspecified atom stereocenters. The molecule has 0 spiro atoms. The zero-order valence-electron chi connectivity index (χ0n) is 14.1. The van der Waals surface area contributed by atoms with Gasteiger partial charge in [0.05, 0.1) is 6.54 Å². The van der Waals surface area contributed by atoms with Crippen molar-refractivity contribution >= 4 is 18.4 Å². The van der Waals surface area contributed by atoms with Gasteiger partial charge in [-0.3, -0.25) is 9.69 Å². The van der Waals surface area contributed by atoms with E-state index in [1.165, 1.54) is 0 Å². The third kappa shape index (κ3) is 5.24. The number of rotatable bonds is 8. The molecule has 1 saturated heterocycles. The highest BCUT2D eigenvalue weighted by Gasteiger charge is 2.29. The lowest BCUT2D eigenvalue weighted by Crippen LogP contribution is -2.36. The Morgan fingerprint density at radius 3 is 2.68 bits per heavy atom. The maximum absolute atomic E-state index is 11.1. The van der Waals surface area contributed by atoms with Crippen LogP contribution in [0.4, 0.5) is 0 Å². The first-order chi connectivity index (χ1) is 11.7. The molecular weight excluding hydrogens is 342 g/mol. The fourth-order valence-corrected chi connectivity index (χ4v) is 3.16. The lowest BCUT2D eigenvalue weighted by Gasteiger charge is -2.20. The number of likely N-dealkylation sites (tertiary alicyclic amines) is 1. The van der Waals surface area contributed by atoms with Crippen LogP contribution in [0.2, 0.25) is 0 Å². The van der Waals surface area contributed by atoms with Crippen molar-refractivity contribution < 1.29 is 9.90 Å². The van der Waals surface area contributed by atoms with Crippen molar-refractivity contribution in [2.24, 2.45) is 0 Å². The standard InChI is InChI=1S/C17H23N5O2.ClH/c23-17(24)15-10-7-12-21(15)11-5-2-6-13-22-19-16(18-20-22)14-8-3-1-4-9-14;/h1,3-4,8-9,15H,2,5-7,10-13H2,(H,23,24);1H/t15-;/m1./s1. The van der Waals surface area contributed by atoms with E-state index in [0.717, 1.165) is 57.3 Å². The maximum Gasteiger partial charge on any atom is 0.320 e. The molecule has 0 amide bonds. The molecule has 1 aromatic heterocycles. The van der Waals surface area contributed by atoms with Crippen LogP contribution >= 0.6 is 12.4 Å². The van der Waals surface area contributed by atoms with Crippen molar-refractivity contribution in [1.82, 2.24) is 25.1 Å². The van der Waals surface area contributed by atoms with E-state index in [9.17, 15) is 4.79 Å². The Labute approximate surface area is 153 Å². The van der Waals surface area contributed by atoms with Crippen molar-refractivity contribution in [3.63, 3.8) is 0 Å². The van der Waals surface area contributed by atoms with Gasteiger partial charge in [0.1, 0.15) is 6.04 Å². The molecule has 1 aliphatic rings. The average Bonchev–Trinajstić information content (AvgIpc) is 3.24. The van der Waals surface area contributed by atoms with E-state index < -0.39 is 5.97 Å². The molecule has 1 aliphatic heterocycles. The minimum absolute atomic E-state index is 0. The van der Waals surface area contributed by atoms with Crippen LogP contribution in [-0.4, -0.2) is 55.3 Å². The highest BCUT2D eigenvalue weighted by atomic mass is 35.5. The van der Waals surface area contributed by atoms with Crippen LogP contribution < -0.4 is 0 Å². The van der Waals surface area contributed by atoms with E-state index in [2.05, 4.69) is 20.3 Å². The lowest BCUT2D eigenvalue weighted by molar-refractivity contribution is -0.142. The third-order valence-corrected chi connectivity index (χ3v) is 4.44. The van der Waals surface area contributed by atoms with Gasteiger partial charge in [0.25, 0.3) is 0 Å². The summed E-state index contributed by atoms with van der Waals surface area (Å²) in [5, 5.41) is 21.7. The van der Waals surface area contributed by atoms with Gasteiger partial charge in [-0.25, -0.2) is 0 Å². The zero-order chi connectivity index (χ0) is 16.8. The van der Waals surface area contributed by atoms with Crippen LogP contribution in [-0.2, 0) is 11.3 Å². The number of hydrogen-bond acceptors (Lipinski definition) is 5. The van der Waals surface area contributed by atoms with Gasteiger partial charge in [0, 0.05) is 5.56 Å². The molecule has 2 heterocycles. The van der Waals surface area contributed by atoms with E-state index in [0.29, 0.717) is 5.82 Å². The SMILES string of the molecule is Cl.O=C(O)[C@H]1CCCN1CCCCCn1nnc(-c2ccccc2)n1. The second-order valence-electron chi connectivity index (χ2n) is 6.17. The van der Waals surface area contributed by atoms with E-state index >= 15 is 0 Å². The Hall–Kier alpha value is -1.99. The summed E-state index contributed by atoms with van der Waals surface area (Å²) in [6.45, 7) is 2.50. The van der Waals surface area contributed by atoms with Gasteiger partial charge in [0.2, 0.25) is 5.82 Å². The van der Waals surface area contributed by atoms with Crippen LogP contribution in [0.5, 0.6) is 0 Å². The Kier molecular flexibility index (Phi) is 7.33. The summed E-state index contributed by atoms with van der Waals surface area (Å²) < 4.78 is 0. The Balaban J connectivity index is 0.00000225. The fraction of sp³-hybridized carbons (Fsp3) is 0.529. The van der Waals surface area contributed by atoms with Crippen molar-refractivity contribution in [1.29, 1.82) is 0 Å². The summed E-state index contributed by atoms with van der Waals surface area (Å²) in [5.41, 5.74) is 0.970. The second kappa shape index (κ2) is 9.48. The minimum atomic E-state index is -0.687. The number of halogens is 1. The third-order valence-electron chi connectivity index (χ3n) is 4.44. The van der Waals surface area contributed by atoms with Crippen LogP contribution in [0.1, 0.15) is 32.1 Å². The van der Waals surface area contributed by atoms with Gasteiger partial charge in [-0.05, 0) is 44.0 Å². The normalized spacial score (nSPS) is 17.4.